The Morgan fingerprint density at radius 2 is 2.05 bits per heavy atom. The van der Waals surface area contributed by atoms with Crippen molar-refractivity contribution < 1.29 is 9.59 Å². The molecule has 0 fully saturated rings. The van der Waals surface area contributed by atoms with E-state index in [2.05, 4.69) is 15.8 Å². The van der Waals surface area contributed by atoms with Crippen molar-refractivity contribution >= 4 is 45.8 Å². The zero-order valence-corrected chi connectivity index (χ0v) is 13.6. The molecular weight excluding hydrogens is 322 g/mol. The van der Waals surface area contributed by atoms with Gasteiger partial charge >= 0.3 is 0 Å². The summed E-state index contributed by atoms with van der Waals surface area (Å²) in [4.78, 5) is 27.8. The van der Waals surface area contributed by atoms with E-state index in [9.17, 15) is 9.59 Å². The highest BCUT2D eigenvalue weighted by Gasteiger charge is 2.13. The maximum absolute atomic E-state index is 12.2. The number of hydrogen-bond acceptors (Lipinski definition) is 5. The molecule has 0 radical (unpaired) electrons. The van der Waals surface area contributed by atoms with Gasteiger partial charge in [0, 0.05) is 11.9 Å². The van der Waals surface area contributed by atoms with E-state index in [-0.39, 0.29) is 11.7 Å². The number of benzene rings is 1. The van der Waals surface area contributed by atoms with E-state index < -0.39 is 0 Å². The number of aromatic nitrogens is 1. The van der Waals surface area contributed by atoms with Gasteiger partial charge in [-0.3, -0.25) is 20.4 Å². The SMILES string of the molecule is CC(=O)NNc1nc(C)c(C(=O)/C=C\c2ccccc2Cl)s1. The number of anilines is 1. The van der Waals surface area contributed by atoms with Crippen LogP contribution < -0.4 is 10.9 Å². The molecule has 5 nitrogen and oxygen atoms in total. The molecule has 2 aromatic rings. The maximum atomic E-state index is 12.2. The van der Waals surface area contributed by atoms with Crippen molar-refractivity contribution in [3.8, 4) is 0 Å². The van der Waals surface area contributed by atoms with Crippen molar-refractivity contribution in [3.05, 3.63) is 51.5 Å². The van der Waals surface area contributed by atoms with Crippen LogP contribution in [-0.2, 0) is 4.79 Å². The Morgan fingerprint density at radius 1 is 1.32 bits per heavy atom. The number of hydrazine groups is 1. The molecule has 0 unspecified atom stereocenters. The number of thiazole rings is 1. The van der Waals surface area contributed by atoms with Crippen molar-refractivity contribution in [3.63, 3.8) is 0 Å². The topological polar surface area (TPSA) is 71.1 Å². The number of allylic oxidation sites excluding steroid dienone is 1. The Labute approximate surface area is 137 Å². The van der Waals surface area contributed by atoms with Gasteiger partial charge in [-0.15, -0.1) is 0 Å². The molecule has 0 spiro atoms. The van der Waals surface area contributed by atoms with Crippen LogP contribution in [0.1, 0.15) is 27.9 Å². The zero-order chi connectivity index (χ0) is 16.1. The van der Waals surface area contributed by atoms with Crippen molar-refractivity contribution in [1.82, 2.24) is 10.4 Å². The molecule has 2 rings (SSSR count). The number of carbonyl (C=O) groups is 2. The lowest BCUT2D eigenvalue weighted by atomic mass is 10.2. The number of carbonyl (C=O) groups excluding carboxylic acids is 2. The summed E-state index contributed by atoms with van der Waals surface area (Å²) >= 11 is 7.22. The molecular formula is C15H14ClN3O2S. The fourth-order valence-corrected chi connectivity index (χ4v) is 2.71. The fraction of sp³-hybridized carbons (Fsp3) is 0.133. The summed E-state index contributed by atoms with van der Waals surface area (Å²) in [6.07, 6.45) is 3.13. The van der Waals surface area contributed by atoms with Crippen LogP contribution >= 0.6 is 22.9 Å². The highest BCUT2D eigenvalue weighted by Crippen LogP contribution is 2.23. The third kappa shape index (κ3) is 4.16. The van der Waals surface area contributed by atoms with Gasteiger partial charge in [-0.25, -0.2) is 4.98 Å². The third-order valence-electron chi connectivity index (χ3n) is 2.69. The smallest absolute Gasteiger partial charge is 0.235 e. The molecule has 0 atom stereocenters. The molecule has 1 amide bonds. The average Bonchev–Trinajstić information content (AvgIpc) is 2.85. The Balaban J connectivity index is 2.13. The molecule has 7 heteroatoms. The third-order valence-corrected chi connectivity index (χ3v) is 4.12. The lowest BCUT2D eigenvalue weighted by Crippen LogP contribution is -2.26. The summed E-state index contributed by atoms with van der Waals surface area (Å²) in [5.41, 5.74) is 6.45. The fourth-order valence-electron chi connectivity index (χ4n) is 1.67. The summed E-state index contributed by atoms with van der Waals surface area (Å²) in [5, 5.41) is 1.04. The minimum absolute atomic E-state index is 0.161. The first-order valence-corrected chi connectivity index (χ1v) is 7.64. The Morgan fingerprint density at radius 3 is 2.73 bits per heavy atom. The summed E-state index contributed by atoms with van der Waals surface area (Å²) in [6.45, 7) is 3.12. The summed E-state index contributed by atoms with van der Waals surface area (Å²) in [7, 11) is 0. The van der Waals surface area contributed by atoms with E-state index in [1.807, 2.05) is 18.2 Å². The highest BCUT2D eigenvalue weighted by molar-refractivity contribution is 7.17. The molecule has 0 saturated carbocycles. The lowest BCUT2D eigenvalue weighted by Gasteiger charge is -1.99. The number of halogens is 1. The van der Waals surface area contributed by atoms with Crippen LogP contribution in [0.5, 0.6) is 0 Å². The molecule has 22 heavy (non-hydrogen) atoms. The van der Waals surface area contributed by atoms with Gasteiger partial charge in [-0.1, -0.05) is 41.1 Å². The van der Waals surface area contributed by atoms with Crippen LogP contribution in [0.2, 0.25) is 5.02 Å². The first kappa shape index (κ1) is 16.2. The van der Waals surface area contributed by atoms with Gasteiger partial charge in [0.1, 0.15) is 0 Å². The molecule has 0 aliphatic rings. The summed E-state index contributed by atoms with van der Waals surface area (Å²) < 4.78 is 0. The van der Waals surface area contributed by atoms with Crippen molar-refractivity contribution in [1.29, 1.82) is 0 Å². The number of nitrogens with one attached hydrogen (secondary N) is 2. The number of ketones is 1. The van der Waals surface area contributed by atoms with Gasteiger partial charge < -0.3 is 0 Å². The normalized spacial score (nSPS) is 10.7. The van der Waals surface area contributed by atoms with E-state index in [1.165, 1.54) is 24.3 Å². The van der Waals surface area contributed by atoms with Crippen molar-refractivity contribution in [2.24, 2.45) is 0 Å². The van der Waals surface area contributed by atoms with E-state index in [1.54, 1.807) is 19.1 Å². The van der Waals surface area contributed by atoms with E-state index in [4.69, 9.17) is 11.6 Å². The zero-order valence-electron chi connectivity index (χ0n) is 12.0. The number of hydrogen-bond donors (Lipinski definition) is 2. The van der Waals surface area contributed by atoms with E-state index in [0.717, 1.165) is 5.56 Å². The predicted molar refractivity (Wildman–Crippen MR) is 89.1 cm³/mol. The number of nitrogens with zero attached hydrogens (tertiary/aromatic N) is 1. The second-order valence-corrected chi connectivity index (χ2v) is 5.87. The van der Waals surface area contributed by atoms with Crippen molar-refractivity contribution in [2.75, 3.05) is 5.43 Å². The number of amides is 1. The van der Waals surface area contributed by atoms with Gasteiger partial charge in [-0.05, 0) is 30.7 Å². The Bertz CT molecular complexity index is 740. The maximum Gasteiger partial charge on any atom is 0.235 e. The van der Waals surface area contributed by atoms with Crippen LogP contribution in [0.3, 0.4) is 0 Å². The molecule has 1 heterocycles. The second kappa shape index (κ2) is 7.20. The number of aryl methyl sites for hydroxylation is 1. The molecule has 0 saturated heterocycles. The number of rotatable bonds is 5. The second-order valence-electron chi connectivity index (χ2n) is 4.46. The molecule has 114 valence electrons. The predicted octanol–water partition coefficient (Wildman–Crippen LogP) is 3.46. The Hall–Kier alpha value is -2.18. The van der Waals surface area contributed by atoms with Crippen LogP contribution in [0.25, 0.3) is 6.08 Å². The first-order valence-electron chi connectivity index (χ1n) is 6.44. The molecule has 0 bridgehead atoms. The average molecular weight is 336 g/mol. The lowest BCUT2D eigenvalue weighted by molar-refractivity contribution is -0.118. The molecule has 2 N–H and O–H groups in total. The van der Waals surface area contributed by atoms with Crippen LogP contribution in [-0.4, -0.2) is 16.7 Å². The summed E-state index contributed by atoms with van der Waals surface area (Å²) in [5.74, 6) is -0.398. The Kier molecular flexibility index (Phi) is 5.30. The van der Waals surface area contributed by atoms with E-state index >= 15 is 0 Å². The van der Waals surface area contributed by atoms with Gasteiger partial charge in [0.05, 0.1) is 10.6 Å². The van der Waals surface area contributed by atoms with E-state index in [0.29, 0.717) is 20.7 Å². The van der Waals surface area contributed by atoms with Crippen LogP contribution in [0.15, 0.2) is 30.3 Å². The first-order chi connectivity index (χ1) is 10.5. The van der Waals surface area contributed by atoms with Crippen LogP contribution in [0, 0.1) is 6.92 Å². The van der Waals surface area contributed by atoms with Crippen molar-refractivity contribution in [2.45, 2.75) is 13.8 Å². The largest absolute Gasteiger partial charge is 0.288 e. The molecule has 0 aliphatic carbocycles. The molecule has 0 aliphatic heterocycles. The van der Waals surface area contributed by atoms with Gasteiger partial charge in [0.2, 0.25) is 11.0 Å². The van der Waals surface area contributed by atoms with Crippen LogP contribution in [0.4, 0.5) is 5.13 Å². The minimum atomic E-state index is -0.237. The quantitative estimate of drug-likeness (QED) is 0.498. The molecule has 1 aromatic carbocycles. The summed E-state index contributed by atoms with van der Waals surface area (Å²) in [6, 6.07) is 7.27. The minimum Gasteiger partial charge on any atom is -0.288 e. The monoisotopic (exact) mass is 335 g/mol. The van der Waals surface area contributed by atoms with Gasteiger partial charge in [0.25, 0.3) is 0 Å². The highest BCUT2D eigenvalue weighted by atomic mass is 35.5. The van der Waals surface area contributed by atoms with Gasteiger partial charge in [0.15, 0.2) is 5.78 Å². The van der Waals surface area contributed by atoms with Gasteiger partial charge in [-0.2, -0.15) is 0 Å². The molecule has 1 aromatic heterocycles. The standard InChI is InChI=1S/C15H14ClN3O2S/c1-9-14(22-15(17-9)19-18-10(2)20)13(21)8-7-11-5-3-4-6-12(11)16/h3-8H,1-2H3,(H,17,19)(H,18,20)/b8-7-.